The molecule has 0 bridgehead atoms. The fraction of sp³-hybridized carbons (Fsp3) is 0.250. The predicted octanol–water partition coefficient (Wildman–Crippen LogP) is 1.79. The van der Waals surface area contributed by atoms with Crippen molar-refractivity contribution >= 4 is 16.8 Å². The highest BCUT2D eigenvalue weighted by molar-refractivity contribution is 5.77. The van der Waals surface area contributed by atoms with Crippen molar-refractivity contribution in [3.63, 3.8) is 0 Å². The Hall–Kier alpha value is -2.76. The number of carbonyl (C=O) groups is 1. The zero-order valence-electron chi connectivity index (χ0n) is 12.7. The maximum absolute atomic E-state index is 12.3. The van der Waals surface area contributed by atoms with Gasteiger partial charge in [-0.2, -0.15) is 5.10 Å². The molecule has 0 unspecified atom stereocenters. The van der Waals surface area contributed by atoms with E-state index >= 15 is 0 Å². The maximum atomic E-state index is 12.3. The zero-order valence-corrected chi connectivity index (χ0v) is 12.7. The van der Waals surface area contributed by atoms with Crippen molar-refractivity contribution in [2.45, 2.75) is 27.3 Å². The second-order valence-electron chi connectivity index (χ2n) is 5.44. The highest BCUT2D eigenvalue weighted by atomic mass is 16.1. The van der Waals surface area contributed by atoms with Gasteiger partial charge in [0.25, 0.3) is 5.56 Å². The van der Waals surface area contributed by atoms with Crippen molar-refractivity contribution in [1.29, 1.82) is 0 Å². The Bertz CT molecular complexity index is 937. The predicted molar refractivity (Wildman–Crippen MR) is 83.3 cm³/mol. The van der Waals surface area contributed by atoms with Crippen molar-refractivity contribution < 1.29 is 4.79 Å². The van der Waals surface area contributed by atoms with E-state index in [9.17, 15) is 9.59 Å². The van der Waals surface area contributed by atoms with Crippen LogP contribution < -0.4 is 5.56 Å². The van der Waals surface area contributed by atoms with Gasteiger partial charge in [0.1, 0.15) is 17.5 Å². The molecule has 112 valence electrons. The van der Waals surface area contributed by atoms with Crippen molar-refractivity contribution in [1.82, 2.24) is 19.3 Å². The molecule has 0 fully saturated rings. The molecule has 1 aromatic carbocycles. The molecule has 6 nitrogen and oxygen atoms in total. The van der Waals surface area contributed by atoms with Gasteiger partial charge in [-0.3, -0.25) is 14.2 Å². The second kappa shape index (κ2) is 5.22. The molecule has 3 rings (SSSR count). The van der Waals surface area contributed by atoms with E-state index in [-0.39, 0.29) is 17.9 Å². The van der Waals surface area contributed by atoms with E-state index in [0.717, 1.165) is 11.3 Å². The van der Waals surface area contributed by atoms with Crippen LogP contribution in [-0.2, 0) is 11.3 Å². The van der Waals surface area contributed by atoms with Crippen molar-refractivity contribution in [2.75, 3.05) is 0 Å². The van der Waals surface area contributed by atoms with Crippen molar-refractivity contribution in [3.8, 4) is 5.69 Å². The Morgan fingerprint density at radius 1 is 1.23 bits per heavy atom. The van der Waals surface area contributed by atoms with Crippen molar-refractivity contribution in [2.24, 2.45) is 0 Å². The number of hydrogen-bond acceptors (Lipinski definition) is 4. The van der Waals surface area contributed by atoms with E-state index in [1.54, 1.807) is 4.68 Å². The molecule has 2 heterocycles. The number of fused-ring (bicyclic) bond motifs is 1. The minimum Gasteiger partial charge on any atom is -0.298 e. The molecular weight excluding hydrogens is 280 g/mol. The molecule has 0 aliphatic rings. The van der Waals surface area contributed by atoms with Gasteiger partial charge in [0, 0.05) is 0 Å². The first kappa shape index (κ1) is 14.2. The minimum absolute atomic E-state index is 0.0244. The summed E-state index contributed by atoms with van der Waals surface area (Å²) in [7, 11) is 0. The summed E-state index contributed by atoms with van der Waals surface area (Å²) in [5, 5.41) is 4.68. The van der Waals surface area contributed by atoms with Crippen LogP contribution in [0.25, 0.3) is 16.7 Å². The van der Waals surface area contributed by atoms with E-state index in [1.165, 1.54) is 29.6 Å². The van der Waals surface area contributed by atoms with E-state index in [2.05, 4.69) is 10.1 Å². The van der Waals surface area contributed by atoms with Gasteiger partial charge >= 0.3 is 0 Å². The topological polar surface area (TPSA) is 69.8 Å². The quantitative estimate of drug-likeness (QED) is 0.739. The van der Waals surface area contributed by atoms with Gasteiger partial charge < -0.3 is 0 Å². The van der Waals surface area contributed by atoms with Crippen LogP contribution in [0.5, 0.6) is 0 Å². The fourth-order valence-corrected chi connectivity index (χ4v) is 2.35. The standard InChI is InChI=1S/C16H16N4O2/c1-10-4-5-13(6-11(10)2)20-15-14(7-18-20)16(22)19(9-17-15)8-12(3)21/h4-7,9H,8H2,1-3H3. The van der Waals surface area contributed by atoms with Gasteiger partial charge in [-0.05, 0) is 44.0 Å². The minimum atomic E-state index is -0.254. The highest BCUT2D eigenvalue weighted by Crippen LogP contribution is 2.17. The van der Waals surface area contributed by atoms with Gasteiger partial charge in [0.15, 0.2) is 5.65 Å². The van der Waals surface area contributed by atoms with Gasteiger partial charge in [-0.25, -0.2) is 9.67 Å². The molecule has 0 saturated carbocycles. The third-order valence-electron chi connectivity index (χ3n) is 3.68. The van der Waals surface area contributed by atoms with E-state index in [4.69, 9.17) is 0 Å². The second-order valence-corrected chi connectivity index (χ2v) is 5.44. The molecular formula is C16H16N4O2. The SMILES string of the molecule is CC(=O)Cn1cnc2c(cnn2-c2ccc(C)c(C)c2)c1=O. The monoisotopic (exact) mass is 296 g/mol. The Morgan fingerprint density at radius 3 is 2.68 bits per heavy atom. The number of aryl methyl sites for hydroxylation is 2. The summed E-state index contributed by atoms with van der Waals surface area (Å²) in [6, 6.07) is 5.96. The van der Waals surface area contributed by atoms with Crippen LogP contribution in [0.4, 0.5) is 0 Å². The number of benzene rings is 1. The van der Waals surface area contributed by atoms with E-state index in [0.29, 0.717) is 11.0 Å². The molecule has 0 amide bonds. The normalized spacial score (nSPS) is 11.0. The van der Waals surface area contributed by atoms with Crippen LogP contribution in [0.3, 0.4) is 0 Å². The molecule has 0 atom stereocenters. The summed E-state index contributed by atoms with van der Waals surface area (Å²) in [5.41, 5.74) is 3.43. The van der Waals surface area contributed by atoms with Crippen LogP contribution in [0, 0.1) is 13.8 Å². The lowest BCUT2D eigenvalue weighted by molar-refractivity contribution is -0.117. The molecule has 2 aromatic heterocycles. The third-order valence-corrected chi connectivity index (χ3v) is 3.68. The summed E-state index contributed by atoms with van der Waals surface area (Å²) in [4.78, 5) is 27.8. The lowest BCUT2D eigenvalue weighted by atomic mass is 10.1. The lowest BCUT2D eigenvalue weighted by Gasteiger charge is -2.07. The summed E-state index contributed by atoms with van der Waals surface area (Å²) in [5.74, 6) is -0.0928. The molecule has 0 radical (unpaired) electrons. The number of carbonyl (C=O) groups excluding carboxylic acids is 1. The first-order valence-electron chi connectivity index (χ1n) is 6.97. The lowest BCUT2D eigenvalue weighted by Crippen LogP contribution is -2.23. The molecule has 0 aliphatic carbocycles. The van der Waals surface area contributed by atoms with Gasteiger partial charge in [0.2, 0.25) is 0 Å². The molecule has 22 heavy (non-hydrogen) atoms. The average molecular weight is 296 g/mol. The molecule has 0 aliphatic heterocycles. The summed E-state index contributed by atoms with van der Waals surface area (Å²) >= 11 is 0. The van der Waals surface area contributed by atoms with Crippen LogP contribution in [0.15, 0.2) is 35.5 Å². The third kappa shape index (κ3) is 2.32. The maximum Gasteiger partial charge on any atom is 0.264 e. The Kier molecular flexibility index (Phi) is 3.36. The summed E-state index contributed by atoms with van der Waals surface area (Å²) in [6.45, 7) is 5.53. The number of ketones is 1. The zero-order chi connectivity index (χ0) is 15.9. The van der Waals surface area contributed by atoms with E-state index in [1.807, 2.05) is 32.0 Å². The van der Waals surface area contributed by atoms with Gasteiger partial charge in [-0.1, -0.05) is 6.07 Å². The molecule has 0 N–H and O–H groups in total. The van der Waals surface area contributed by atoms with Gasteiger partial charge in [-0.15, -0.1) is 0 Å². The summed E-state index contributed by atoms with van der Waals surface area (Å²) < 4.78 is 2.94. The number of nitrogens with zero attached hydrogens (tertiary/aromatic N) is 4. The van der Waals surface area contributed by atoms with Crippen LogP contribution in [0.2, 0.25) is 0 Å². The number of Topliss-reactive ketones (excluding diaryl/α,β-unsaturated/α-hetero) is 1. The first-order valence-corrected chi connectivity index (χ1v) is 6.97. The Balaban J connectivity index is 2.17. The van der Waals surface area contributed by atoms with E-state index < -0.39 is 0 Å². The first-order chi connectivity index (χ1) is 10.5. The number of rotatable bonds is 3. The Morgan fingerprint density at radius 2 is 2.00 bits per heavy atom. The number of hydrogen-bond donors (Lipinski definition) is 0. The highest BCUT2D eigenvalue weighted by Gasteiger charge is 2.12. The van der Waals surface area contributed by atoms with Crippen LogP contribution in [-0.4, -0.2) is 25.1 Å². The molecule has 0 saturated heterocycles. The smallest absolute Gasteiger partial charge is 0.264 e. The molecule has 3 aromatic rings. The van der Waals surface area contributed by atoms with Crippen LogP contribution >= 0.6 is 0 Å². The average Bonchev–Trinajstić information content (AvgIpc) is 2.89. The fourth-order valence-electron chi connectivity index (χ4n) is 2.35. The largest absolute Gasteiger partial charge is 0.298 e. The van der Waals surface area contributed by atoms with Gasteiger partial charge in [0.05, 0.1) is 18.4 Å². The molecule has 0 spiro atoms. The molecule has 6 heteroatoms. The van der Waals surface area contributed by atoms with Crippen LogP contribution in [0.1, 0.15) is 18.1 Å². The van der Waals surface area contributed by atoms with Crippen molar-refractivity contribution in [3.05, 3.63) is 52.2 Å². The summed E-state index contributed by atoms with van der Waals surface area (Å²) in [6.07, 6.45) is 2.89. The number of aromatic nitrogens is 4. The Labute approximate surface area is 127 Å².